The maximum absolute atomic E-state index is 12.9. The maximum Gasteiger partial charge on any atom is 0.416 e. The molecule has 1 atom stereocenters. The van der Waals surface area contributed by atoms with E-state index < -0.39 is 11.7 Å². The zero-order valence-electron chi connectivity index (χ0n) is 12.1. The summed E-state index contributed by atoms with van der Waals surface area (Å²) in [6.07, 6.45) is 1.07. The lowest BCUT2D eigenvalue weighted by Gasteiger charge is -2.23. The summed E-state index contributed by atoms with van der Waals surface area (Å²) in [7, 11) is 0. The van der Waals surface area contributed by atoms with E-state index in [1.807, 2.05) is 4.90 Å². The van der Waals surface area contributed by atoms with Crippen molar-refractivity contribution in [2.45, 2.75) is 45.2 Å². The molecule has 1 saturated heterocycles. The van der Waals surface area contributed by atoms with E-state index in [0.717, 1.165) is 50.9 Å². The zero-order valence-corrected chi connectivity index (χ0v) is 12.8. The zero-order chi connectivity index (χ0) is 15.5. The second-order valence-corrected chi connectivity index (χ2v) is 5.99. The van der Waals surface area contributed by atoms with Crippen molar-refractivity contribution >= 4 is 17.4 Å². The van der Waals surface area contributed by atoms with Crippen molar-refractivity contribution in [3.05, 3.63) is 22.8 Å². The van der Waals surface area contributed by atoms with Gasteiger partial charge in [0.2, 0.25) is 0 Å². The molecule has 2 nitrogen and oxygen atoms in total. The third-order valence-corrected chi connectivity index (χ3v) is 4.17. The van der Waals surface area contributed by atoms with Crippen LogP contribution in [0.5, 0.6) is 0 Å². The summed E-state index contributed by atoms with van der Waals surface area (Å²) in [5.74, 6) is 1.01. The van der Waals surface area contributed by atoms with Gasteiger partial charge < -0.3 is 4.90 Å². The summed E-state index contributed by atoms with van der Waals surface area (Å²) >= 11 is 5.76. The smallest absolute Gasteiger partial charge is 0.357 e. The number of nitrogens with zero attached hydrogens (tertiary/aromatic N) is 2. The number of pyridine rings is 1. The van der Waals surface area contributed by atoms with Gasteiger partial charge in [0.05, 0.1) is 5.56 Å². The van der Waals surface area contributed by atoms with Crippen LogP contribution in [-0.4, -0.2) is 18.1 Å². The molecule has 0 bridgehead atoms. The standard InChI is InChI=1S/C15H20ClF3N2/c1-2-4-11-5-3-7-21(8-6-11)14-10-12(15(17,18)19)9-13(16)20-14/h9-11H,2-8H2,1H3. The van der Waals surface area contributed by atoms with E-state index in [0.29, 0.717) is 11.7 Å². The molecular weight excluding hydrogens is 301 g/mol. The third-order valence-electron chi connectivity index (χ3n) is 3.98. The first-order valence-corrected chi connectivity index (χ1v) is 7.77. The molecule has 0 spiro atoms. The van der Waals surface area contributed by atoms with Crippen molar-refractivity contribution in [2.75, 3.05) is 18.0 Å². The third kappa shape index (κ3) is 4.50. The monoisotopic (exact) mass is 320 g/mol. The van der Waals surface area contributed by atoms with Crippen molar-refractivity contribution in [1.82, 2.24) is 4.98 Å². The first kappa shape index (κ1) is 16.4. The van der Waals surface area contributed by atoms with Crippen LogP contribution >= 0.6 is 11.6 Å². The summed E-state index contributed by atoms with van der Waals surface area (Å²) in [6.45, 7) is 3.65. The van der Waals surface area contributed by atoms with Crippen LogP contribution in [0, 0.1) is 5.92 Å². The quantitative estimate of drug-likeness (QED) is 0.715. The highest BCUT2D eigenvalue weighted by atomic mass is 35.5. The van der Waals surface area contributed by atoms with Crippen LogP contribution in [0.2, 0.25) is 5.15 Å². The van der Waals surface area contributed by atoms with Gasteiger partial charge in [0.25, 0.3) is 0 Å². The Balaban J connectivity index is 2.16. The fourth-order valence-corrected chi connectivity index (χ4v) is 3.10. The number of anilines is 1. The Morgan fingerprint density at radius 2 is 2.05 bits per heavy atom. The highest BCUT2D eigenvalue weighted by Crippen LogP contribution is 2.33. The van der Waals surface area contributed by atoms with E-state index >= 15 is 0 Å². The Kier molecular flexibility index (Phi) is 5.36. The van der Waals surface area contributed by atoms with Crippen molar-refractivity contribution in [3.8, 4) is 0 Å². The molecular formula is C15H20ClF3N2. The van der Waals surface area contributed by atoms with E-state index in [2.05, 4.69) is 11.9 Å². The van der Waals surface area contributed by atoms with Gasteiger partial charge in [-0.15, -0.1) is 0 Å². The molecule has 0 aromatic carbocycles. The molecule has 21 heavy (non-hydrogen) atoms. The number of aromatic nitrogens is 1. The van der Waals surface area contributed by atoms with Crippen LogP contribution in [0.1, 0.15) is 44.6 Å². The lowest BCUT2D eigenvalue weighted by Crippen LogP contribution is -2.25. The van der Waals surface area contributed by atoms with Crippen molar-refractivity contribution in [1.29, 1.82) is 0 Å². The summed E-state index contributed by atoms with van der Waals surface area (Å²) < 4.78 is 38.6. The predicted molar refractivity (Wildman–Crippen MR) is 78.7 cm³/mol. The summed E-state index contributed by atoms with van der Waals surface area (Å²) in [5, 5.41) is -0.103. The van der Waals surface area contributed by atoms with Crippen molar-refractivity contribution in [2.24, 2.45) is 5.92 Å². The second-order valence-electron chi connectivity index (χ2n) is 5.61. The molecule has 0 N–H and O–H groups in total. The molecule has 1 aliphatic rings. The number of hydrogen-bond donors (Lipinski definition) is 0. The van der Waals surface area contributed by atoms with E-state index in [1.54, 1.807) is 0 Å². The summed E-state index contributed by atoms with van der Waals surface area (Å²) in [6, 6.07) is 1.98. The van der Waals surface area contributed by atoms with Crippen LogP contribution in [0.15, 0.2) is 12.1 Å². The van der Waals surface area contributed by atoms with Gasteiger partial charge in [-0.3, -0.25) is 0 Å². The van der Waals surface area contributed by atoms with Crippen LogP contribution in [0.4, 0.5) is 19.0 Å². The highest BCUT2D eigenvalue weighted by Gasteiger charge is 2.32. The molecule has 1 fully saturated rings. The molecule has 1 aromatic rings. The minimum absolute atomic E-state index is 0.103. The Morgan fingerprint density at radius 3 is 2.71 bits per heavy atom. The summed E-state index contributed by atoms with van der Waals surface area (Å²) in [4.78, 5) is 6.00. The highest BCUT2D eigenvalue weighted by molar-refractivity contribution is 6.29. The minimum Gasteiger partial charge on any atom is -0.357 e. The van der Waals surface area contributed by atoms with Crippen LogP contribution < -0.4 is 4.90 Å². The predicted octanol–water partition coefficient (Wildman–Crippen LogP) is 5.16. The number of rotatable bonds is 3. The molecule has 0 radical (unpaired) electrons. The molecule has 6 heteroatoms. The number of halogens is 4. The molecule has 0 amide bonds. The van der Waals surface area contributed by atoms with Gasteiger partial charge in [0.15, 0.2) is 0 Å². The number of hydrogen-bond acceptors (Lipinski definition) is 2. The van der Waals surface area contributed by atoms with E-state index in [-0.39, 0.29) is 5.15 Å². The first-order chi connectivity index (χ1) is 9.90. The fraction of sp³-hybridized carbons (Fsp3) is 0.667. The van der Waals surface area contributed by atoms with Gasteiger partial charge in [-0.2, -0.15) is 13.2 Å². The SMILES string of the molecule is CCCC1CCCN(c2cc(C(F)(F)F)cc(Cl)n2)CC1. The van der Waals surface area contributed by atoms with Gasteiger partial charge in [-0.05, 0) is 37.3 Å². The molecule has 0 aliphatic carbocycles. The Hall–Kier alpha value is -0.970. The maximum atomic E-state index is 12.9. The second kappa shape index (κ2) is 6.86. The Morgan fingerprint density at radius 1 is 1.29 bits per heavy atom. The van der Waals surface area contributed by atoms with Crippen molar-refractivity contribution in [3.63, 3.8) is 0 Å². The Labute approximate surface area is 128 Å². The molecule has 2 rings (SSSR count). The van der Waals surface area contributed by atoms with E-state index in [9.17, 15) is 13.2 Å². The van der Waals surface area contributed by atoms with Crippen LogP contribution in [-0.2, 0) is 6.18 Å². The lowest BCUT2D eigenvalue weighted by molar-refractivity contribution is -0.137. The van der Waals surface area contributed by atoms with E-state index in [4.69, 9.17) is 11.6 Å². The molecule has 118 valence electrons. The van der Waals surface area contributed by atoms with Crippen molar-refractivity contribution < 1.29 is 13.2 Å². The fourth-order valence-electron chi connectivity index (χ4n) is 2.90. The largest absolute Gasteiger partial charge is 0.416 e. The number of alkyl halides is 3. The van der Waals surface area contributed by atoms with Gasteiger partial charge in [0.1, 0.15) is 11.0 Å². The van der Waals surface area contributed by atoms with Gasteiger partial charge >= 0.3 is 6.18 Å². The minimum atomic E-state index is -4.39. The average molecular weight is 321 g/mol. The van der Waals surface area contributed by atoms with Crippen LogP contribution in [0.25, 0.3) is 0 Å². The molecule has 1 unspecified atom stereocenters. The molecule has 1 aromatic heterocycles. The molecule has 2 heterocycles. The molecule has 1 aliphatic heterocycles. The van der Waals surface area contributed by atoms with Gasteiger partial charge in [-0.1, -0.05) is 31.4 Å². The van der Waals surface area contributed by atoms with Crippen LogP contribution in [0.3, 0.4) is 0 Å². The van der Waals surface area contributed by atoms with Gasteiger partial charge in [0, 0.05) is 13.1 Å². The first-order valence-electron chi connectivity index (χ1n) is 7.40. The normalized spacial score (nSPS) is 20.4. The van der Waals surface area contributed by atoms with E-state index in [1.165, 1.54) is 6.42 Å². The average Bonchev–Trinajstić information content (AvgIpc) is 2.63. The topological polar surface area (TPSA) is 16.1 Å². The summed E-state index contributed by atoms with van der Waals surface area (Å²) in [5.41, 5.74) is -0.730. The molecule has 0 saturated carbocycles. The van der Waals surface area contributed by atoms with Gasteiger partial charge in [-0.25, -0.2) is 4.98 Å². The lowest BCUT2D eigenvalue weighted by atomic mass is 9.96. The Bertz CT molecular complexity index is 476.